The molecule has 3 nitrogen and oxygen atoms in total. The Morgan fingerprint density at radius 3 is 2.06 bits per heavy atom. The molecular weight excluding hydrogens is 384 g/mol. The highest BCUT2D eigenvalue weighted by atomic mass is 16.5. The van der Waals surface area contributed by atoms with Gasteiger partial charge in [0.05, 0.1) is 24.2 Å². The Hall–Kier alpha value is -4.03. The van der Waals surface area contributed by atoms with Gasteiger partial charge in [0.25, 0.3) is 0 Å². The summed E-state index contributed by atoms with van der Waals surface area (Å²) in [5, 5.41) is 0. The maximum atomic E-state index is 12.3. The molecule has 1 heterocycles. The molecule has 0 aliphatic carbocycles. The summed E-state index contributed by atoms with van der Waals surface area (Å²) in [5.74, 6) is 6.49. The topological polar surface area (TPSA) is 35.5 Å². The molecule has 0 aromatic heterocycles. The Labute approximate surface area is 182 Å². The lowest BCUT2D eigenvalue weighted by Gasteiger charge is -2.21. The van der Waals surface area contributed by atoms with E-state index in [9.17, 15) is 4.79 Å². The van der Waals surface area contributed by atoms with Crippen molar-refractivity contribution in [3.8, 4) is 11.8 Å². The number of carbonyl (C=O) groups is 1. The van der Waals surface area contributed by atoms with Crippen molar-refractivity contribution in [2.24, 2.45) is 0 Å². The van der Waals surface area contributed by atoms with Gasteiger partial charge in [0.2, 0.25) is 0 Å². The molecule has 3 heteroatoms. The molecular formula is C28H22O3. The summed E-state index contributed by atoms with van der Waals surface area (Å²) in [7, 11) is 1.35. The maximum Gasteiger partial charge on any atom is 0.336 e. The number of hydrogen-bond acceptors (Lipinski definition) is 3. The number of carbonyl (C=O) groups excluding carboxylic acids is 1. The van der Waals surface area contributed by atoms with E-state index in [0.717, 1.165) is 22.3 Å². The third kappa shape index (κ3) is 4.29. The molecule has 4 rings (SSSR count). The molecule has 0 N–H and O–H groups in total. The fourth-order valence-corrected chi connectivity index (χ4v) is 3.68. The van der Waals surface area contributed by atoms with E-state index in [2.05, 4.69) is 18.4 Å². The minimum atomic E-state index is -0.606. The van der Waals surface area contributed by atoms with Gasteiger partial charge in [-0.2, -0.15) is 0 Å². The van der Waals surface area contributed by atoms with Crippen LogP contribution in [0.15, 0.2) is 109 Å². The van der Waals surface area contributed by atoms with Gasteiger partial charge >= 0.3 is 5.97 Å². The minimum absolute atomic E-state index is 0.265. The first kappa shape index (κ1) is 20.3. The van der Waals surface area contributed by atoms with Crippen molar-refractivity contribution in [3.63, 3.8) is 0 Å². The molecule has 0 amide bonds. The predicted molar refractivity (Wildman–Crippen MR) is 122 cm³/mol. The van der Waals surface area contributed by atoms with Crippen LogP contribution in [-0.2, 0) is 14.3 Å². The number of esters is 1. The lowest BCUT2D eigenvalue weighted by atomic mass is 9.84. The largest absolute Gasteiger partial charge is 0.483 e. The van der Waals surface area contributed by atoms with Crippen LogP contribution >= 0.6 is 0 Å². The fourth-order valence-electron chi connectivity index (χ4n) is 3.68. The zero-order chi connectivity index (χ0) is 21.6. The van der Waals surface area contributed by atoms with Crippen LogP contribution in [0.3, 0.4) is 0 Å². The summed E-state index contributed by atoms with van der Waals surface area (Å²) in [6.45, 7) is 3.99. The van der Waals surface area contributed by atoms with Crippen molar-refractivity contribution in [2.45, 2.75) is 12.0 Å². The van der Waals surface area contributed by atoms with Gasteiger partial charge in [-0.05, 0) is 17.7 Å². The second-order valence-electron chi connectivity index (χ2n) is 7.17. The first-order chi connectivity index (χ1) is 15.2. The number of benzene rings is 3. The highest BCUT2D eigenvalue weighted by Crippen LogP contribution is 2.45. The van der Waals surface area contributed by atoms with Crippen LogP contribution < -0.4 is 0 Å². The van der Waals surface area contributed by atoms with Gasteiger partial charge in [-0.3, -0.25) is 0 Å². The lowest BCUT2D eigenvalue weighted by Crippen LogP contribution is -2.24. The molecule has 0 radical (unpaired) electrons. The molecule has 3 aromatic rings. The molecule has 0 saturated carbocycles. The second-order valence-corrected chi connectivity index (χ2v) is 7.17. The molecule has 0 bridgehead atoms. The molecule has 0 spiro atoms. The number of rotatable bonds is 4. The van der Waals surface area contributed by atoms with Gasteiger partial charge < -0.3 is 9.47 Å². The van der Waals surface area contributed by atoms with Crippen molar-refractivity contribution >= 4 is 11.7 Å². The Bertz CT molecular complexity index is 1170. The van der Waals surface area contributed by atoms with Crippen LogP contribution in [0.2, 0.25) is 0 Å². The van der Waals surface area contributed by atoms with E-state index in [1.165, 1.54) is 7.11 Å². The van der Waals surface area contributed by atoms with E-state index in [1.807, 2.05) is 91.0 Å². The summed E-state index contributed by atoms with van der Waals surface area (Å²) >= 11 is 0. The summed E-state index contributed by atoms with van der Waals surface area (Å²) in [6.07, 6.45) is -0.606. The van der Waals surface area contributed by atoms with Crippen molar-refractivity contribution in [1.29, 1.82) is 0 Å². The smallest absolute Gasteiger partial charge is 0.336 e. The average molecular weight is 406 g/mol. The lowest BCUT2D eigenvalue weighted by molar-refractivity contribution is -0.137. The quantitative estimate of drug-likeness (QED) is 0.332. The minimum Gasteiger partial charge on any atom is -0.483 e. The summed E-state index contributed by atoms with van der Waals surface area (Å²) in [5.41, 5.74) is 3.89. The van der Waals surface area contributed by atoms with Crippen LogP contribution in [0.25, 0.3) is 5.76 Å². The Morgan fingerprint density at radius 1 is 0.871 bits per heavy atom. The van der Waals surface area contributed by atoms with Crippen LogP contribution in [0.1, 0.15) is 22.6 Å². The van der Waals surface area contributed by atoms with Crippen molar-refractivity contribution in [1.82, 2.24) is 0 Å². The highest BCUT2D eigenvalue weighted by Gasteiger charge is 2.41. The third-order valence-corrected chi connectivity index (χ3v) is 5.20. The van der Waals surface area contributed by atoms with E-state index >= 15 is 0 Å². The second kappa shape index (κ2) is 9.19. The van der Waals surface area contributed by atoms with E-state index in [0.29, 0.717) is 5.76 Å². The van der Waals surface area contributed by atoms with Crippen LogP contribution in [0.5, 0.6) is 0 Å². The third-order valence-electron chi connectivity index (χ3n) is 5.20. The maximum absolute atomic E-state index is 12.3. The van der Waals surface area contributed by atoms with Gasteiger partial charge in [-0.1, -0.05) is 97.3 Å². The first-order valence-electron chi connectivity index (χ1n) is 10.0. The number of hydrogen-bond donors (Lipinski definition) is 0. The molecule has 0 saturated heterocycles. The zero-order valence-corrected chi connectivity index (χ0v) is 17.2. The monoisotopic (exact) mass is 406 g/mol. The summed E-state index contributed by atoms with van der Waals surface area (Å²) in [6, 6.07) is 29.5. The van der Waals surface area contributed by atoms with Gasteiger partial charge in [-0.15, -0.1) is 0 Å². The molecule has 3 aromatic carbocycles. The van der Waals surface area contributed by atoms with Crippen LogP contribution in [0, 0.1) is 11.8 Å². The molecule has 2 atom stereocenters. The van der Waals surface area contributed by atoms with Crippen molar-refractivity contribution in [3.05, 3.63) is 125 Å². The van der Waals surface area contributed by atoms with E-state index in [1.54, 1.807) is 0 Å². The van der Waals surface area contributed by atoms with Crippen molar-refractivity contribution in [2.75, 3.05) is 7.11 Å². The molecule has 152 valence electrons. The molecule has 31 heavy (non-hydrogen) atoms. The molecule has 1 aliphatic heterocycles. The van der Waals surface area contributed by atoms with Crippen LogP contribution in [0.4, 0.5) is 0 Å². The number of ether oxygens (including phenoxy) is 2. The summed E-state index contributed by atoms with van der Waals surface area (Å²) in [4.78, 5) is 12.3. The normalized spacial score (nSPS) is 17.3. The first-order valence-corrected chi connectivity index (χ1v) is 10.0. The molecule has 0 fully saturated rings. The van der Waals surface area contributed by atoms with Gasteiger partial charge in [-0.25, -0.2) is 4.79 Å². The van der Waals surface area contributed by atoms with E-state index in [-0.39, 0.29) is 11.5 Å². The average Bonchev–Trinajstić information content (AvgIpc) is 3.23. The Balaban J connectivity index is 1.89. The number of methoxy groups -OCH3 is 1. The Kier molecular flexibility index (Phi) is 6.01. The predicted octanol–water partition coefficient (Wildman–Crippen LogP) is 5.36. The van der Waals surface area contributed by atoms with Crippen molar-refractivity contribution < 1.29 is 14.3 Å². The zero-order valence-electron chi connectivity index (χ0n) is 17.2. The van der Waals surface area contributed by atoms with E-state index < -0.39 is 12.1 Å². The Morgan fingerprint density at radius 2 is 1.45 bits per heavy atom. The van der Waals surface area contributed by atoms with Gasteiger partial charge in [0.15, 0.2) is 0 Å². The molecule has 1 aliphatic rings. The summed E-state index contributed by atoms with van der Waals surface area (Å²) < 4.78 is 11.3. The van der Waals surface area contributed by atoms with Crippen LogP contribution in [-0.4, -0.2) is 19.2 Å². The fraction of sp³-hybridized carbons (Fsp3) is 0.107. The van der Waals surface area contributed by atoms with Gasteiger partial charge in [0.1, 0.15) is 11.9 Å². The highest BCUT2D eigenvalue weighted by molar-refractivity contribution is 5.90. The SMILES string of the molecule is C=C(C(=O)OC)[C@H]1OC(c2ccccc2)=C(C#Cc2ccccc2)[C@@H]1c1ccccc1. The van der Waals surface area contributed by atoms with Gasteiger partial charge in [0, 0.05) is 11.1 Å². The standard InChI is InChI=1S/C28H22O3/c1-20(28(29)30-2)26-25(22-14-8-4-9-15-22)24(19-18-21-12-6-3-7-13-21)27(31-26)23-16-10-5-11-17-23/h3-17,25-26H,1H2,2H3/t25-,26+/m0/s1. The molecule has 0 unspecified atom stereocenters. The van der Waals surface area contributed by atoms with E-state index in [4.69, 9.17) is 9.47 Å².